The first-order chi connectivity index (χ1) is 13.4. The van der Waals surface area contributed by atoms with Crippen molar-refractivity contribution < 1.29 is 29.0 Å². The Morgan fingerprint density at radius 3 is 1.89 bits per heavy atom. The summed E-state index contributed by atoms with van der Waals surface area (Å²) in [5, 5.41) is 9.35. The molecule has 0 aromatic heterocycles. The molecular formula is C22H34O6. The first-order valence-electron chi connectivity index (χ1n) is 9.30. The predicted molar refractivity (Wildman–Crippen MR) is 111 cm³/mol. The minimum Gasteiger partial charge on any atom is -0.469 e. The van der Waals surface area contributed by atoms with Gasteiger partial charge in [-0.05, 0) is 33.1 Å². The van der Waals surface area contributed by atoms with Gasteiger partial charge in [0.15, 0.2) is 0 Å². The van der Waals surface area contributed by atoms with Crippen molar-refractivity contribution in [2.45, 2.75) is 58.5 Å². The zero-order chi connectivity index (χ0) is 21.6. The minimum atomic E-state index is -0.599. The topological polar surface area (TPSA) is 89.9 Å². The Morgan fingerprint density at radius 2 is 1.39 bits per heavy atom. The van der Waals surface area contributed by atoms with Crippen LogP contribution in [0.1, 0.15) is 52.4 Å². The van der Waals surface area contributed by atoms with Gasteiger partial charge in [-0.1, -0.05) is 48.6 Å². The molecule has 0 rings (SSSR count). The van der Waals surface area contributed by atoms with Gasteiger partial charge in [-0.25, -0.2) is 0 Å². The van der Waals surface area contributed by atoms with E-state index in [4.69, 9.17) is 0 Å². The van der Waals surface area contributed by atoms with E-state index < -0.39 is 12.1 Å². The van der Waals surface area contributed by atoms with Crippen LogP contribution in [0.3, 0.4) is 0 Å². The number of hydrogen-bond acceptors (Lipinski definition) is 6. The van der Waals surface area contributed by atoms with E-state index in [1.807, 2.05) is 62.5 Å². The third-order valence-corrected chi connectivity index (χ3v) is 3.33. The van der Waals surface area contributed by atoms with Crippen molar-refractivity contribution in [3.8, 4) is 0 Å². The van der Waals surface area contributed by atoms with Crippen LogP contribution in [-0.4, -0.2) is 43.2 Å². The molecular weight excluding hydrogens is 360 g/mol. The van der Waals surface area contributed by atoms with Gasteiger partial charge in [0, 0.05) is 6.42 Å². The Balaban J connectivity index is 0. The molecule has 0 radical (unpaired) electrons. The van der Waals surface area contributed by atoms with Gasteiger partial charge in [0.2, 0.25) is 0 Å². The molecule has 158 valence electrons. The largest absolute Gasteiger partial charge is 0.469 e. The quantitative estimate of drug-likeness (QED) is 0.307. The van der Waals surface area contributed by atoms with Crippen LogP contribution in [0.4, 0.5) is 0 Å². The van der Waals surface area contributed by atoms with E-state index in [1.165, 1.54) is 14.2 Å². The first kappa shape index (κ1) is 27.7. The lowest BCUT2D eigenvalue weighted by Gasteiger charge is -2.06. The molecule has 28 heavy (non-hydrogen) atoms. The molecule has 0 aromatic rings. The number of methoxy groups -OCH3 is 2. The lowest BCUT2D eigenvalue weighted by molar-refractivity contribution is -0.144. The molecule has 1 N–H and O–H groups in total. The zero-order valence-corrected chi connectivity index (χ0v) is 17.4. The third-order valence-electron chi connectivity index (χ3n) is 3.33. The summed E-state index contributed by atoms with van der Waals surface area (Å²) in [4.78, 5) is 32.5. The molecule has 0 amide bonds. The summed E-state index contributed by atoms with van der Waals surface area (Å²) in [6.45, 7) is 3.86. The number of aliphatic hydroxyl groups is 1. The summed E-state index contributed by atoms with van der Waals surface area (Å²) in [5.41, 5.74) is 0. The average Bonchev–Trinajstić information content (AvgIpc) is 2.67. The van der Waals surface area contributed by atoms with Crippen LogP contribution in [-0.2, 0) is 23.9 Å². The van der Waals surface area contributed by atoms with Crippen LogP contribution in [0.25, 0.3) is 0 Å². The molecule has 0 saturated carbocycles. The highest BCUT2D eigenvalue weighted by atomic mass is 16.5. The fraction of sp³-hybridized carbons (Fsp3) is 0.500. The Labute approximate surface area is 168 Å². The van der Waals surface area contributed by atoms with Crippen molar-refractivity contribution in [3.05, 3.63) is 48.6 Å². The van der Waals surface area contributed by atoms with Crippen LogP contribution in [0.15, 0.2) is 48.6 Å². The van der Waals surface area contributed by atoms with Crippen molar-refractivity contribution in [3.63, 3.8) is 0 Å². The maximum Gasteiger partial charge on any atom is 0.313 e. The molecule has 0 fully saturated rings. The number of ketones is 1. The van der Waals surface area contributed by atoms with E-state index in [-0.39, 0.29) is 24.6 Å². The molecule has 6 nitrogen and oxygen atoms in total. The number of ether oxygens (including phenoxy) is 2. The molecule has 0 aliphatic rings. The fourth-order valence-corrected chi connectivity index (χ4v) is 1.80. The Kier molecular flexibility index (Phi) is 20.6. The standard InChI is InChI=1S/C11H18O3.C11H16O3/c2*1-3-4-5-6-7-8-10(12)9-11(13)14-2/h3-6,10,12H,7-9H2,1-2H3;3-6H,7-9H2,1-2H3/b2*4-3+,6-5-. The van der Waals surface area contributed by atoms with Crippen molar-refractivity contribution in [2.75, 3.05) is 14.2 Å². The van der Waals surface area contributed by atoms with Gasteiger partial charge < -0.3 is 14.6 Å². The number of rotatable bonds is 12. The summed E-state index contributed by atoms with van der Waals surface area (Å²) in [6, 6.07) is 0. The monoisotopic (exact) mass is 394 g/mol. The summed E-state index contributed by atoms with van der Waals surface area (Å²) in [6.07, 6.45) is 17.1. The van der Waals surface area contributed by atoms with Gasteiger partial charge >= 0.3 is 11.9 Å². The molecule has 0 aromatic carbocycles. The van der Waals surface area contributed by atoms with Gasteiger partial charge in [-0.15, -0.1) is 0 Å². The number of hydrogen-bond donors (Lipinski definition) is 1. The van der Waals surface area contributed by atoms with E-state index >= 15 is 0 Å². The third kappa shape index (κ3) is 21.6. The molecule has 1 unspecified atom stereocenters. The lowest BCUT2D eigenvalue weighted by atomic mass is 10.1. The number of Topliss-reactive ketones (excluding diaryl/α,β-unsaturated/α-hetero) is 1. The van der Waals surface area contributed by atoms with Gasteiger partial charge in [-0.2, -0.15) is 0 Å². The molecule has 0 saturated heterocycles. The Bertz CT molecular complexity index is 543. The summed E-state index contributed by atoms with van der Waals surface area (Å²) < 4.78 is 8.81. The Hall–Kier alpha value is -2.47. The van der Waals surface area contributed by atoms with Crippen LogP contribution in [0.5, 0.6) is 0 Å². The molecule has 6 heteroatoms. The van der Waals surface area contributed by atoms with Crippen molar-refractivity contribution >= 4 is 17.7 Å². The minimum absolute atomic E-state index is 0.0773. The molecule has 0 aliphatic carbocycles. The SMILES string of the molecule is C/C=C/C=C\CCC(=O)CC(=O)OC.C/C=C/C=C\CCC(O)CC(=O)OC. The predicted octanol–water partition coefficient (Wildman–Crippen LogP) is 3.85. The summed E-state index contributed by atoms with van der Waals surface area (Å²) in [5.74, 6) is -0.913. The van der Waals surface area contributed by atoms with E-state index in [2.05, 4.69) is 9.47 Å². The lowest BCUT2D eigenvalue weighted by Crippen LogP contribution is -2.13. The highest BCUT2D eigenvalue weighted by Gasteiger charge is 2.09. The van der Waals surface area contributed by atoms with Gasteiger partial charge in [-0.3, -0.25) is 14.4 Å². The fourth-order valence-electron chi connectivity index (χ4n) is 1.80. The number of carbonyl (C=O) groups excluding carboxylic acids is 3. The van der Waals surface area contributed by atoms with Crippen LogP contribution < -0.4 is 0 Å². The summed E-state index contributed by atoms with van der Waals surface area (Å²) in [7, 11) is 2.60. The smallest absolute Gasteiger partial charge is 0.313 e. The van der Waals surface area contributed by atoms with Crippen molar-refractivity contribution in [1.29, 1.82) is 0 Å². The Morgan fingerprint density at radius 1 is 0.857 bits per heavy atom. The first-order valence-corrected chi connectivity index (χ1v) is 9.30. The second-order valence-corrected chi connectivity index (χ2v) is 5.75. The highest BCUT2D eigenvalue weighted by Crippen LogP contribution is 2.03. The van der Waals surface area contributed by atoms with Crippen molar-refractivity contribution in [2.24, 2.45) is 0 Å². The zero-order valence-electron chi connectivity index (χ0n) is 17.4. The maximum absolute atomic E-state index is 11.1. The van der Waals surface area contributed by atoms with Crippen LogP contribution >= 0.6 is 0 Å². The van der Waals surface area contributed by atoms with E-state index in [0.717, 1.165) is 6.42 Å². The second kappa shape index (κ2) is 20.8. The average molecular weight is 395 g/mol. The van der Waals surface area contributed by atoms with E-state index in [0.29, 0.717) is 19.3 Å². The number of carbonyl (C=O) groups is 3. The van der Waals surface area contributed by atoms with E-state index in [9.17, 15) is 19.5 Å². The normalized spacial score (nSPS) is 12.3. The van der Waals surface area contributed by atoms with Gasteiger partial charge in [0.25, 0.3) is 0 Å². The highest BCUT2D eigenvalue weighted by molar-refractivity contribution is 5.95. The molecule has 1 atom stereocenters. The van der Waals surface area contributed by atoms with E-state index in [1.54, 1.807) is 0 Å². The molecule has 0 bridgehead atoms. The maximum atomic E-state index is 11.1. The summed E-state index contributed by atoms with van der Waals surface area (Å²) >= 11 is 0. The number of esters is 2. The number of aliphatic hydroxyl groups excluding tert-OH is 1. The van der Waals surface area contributed by atoms with Gasteiger partial charge in [0.1, 0.15) is 12.2 Å². The van der Waals surface area contributed by atoms with Crippen LogP contribution in [0, 0.1) is 0 Å². The molecule has 0 spiro atoms. The van der Waals surface area contributed by atoms with Gasteiger partial charge in [0.05, 0.1) is 26.7 Å². The van der Waals surface area contributed by atoms with Crippen molar-refractivity contribution in [1.82, 2.24) is 0 Å². The number of allylic oxidation sites excluding steroid dienone is 8. The molecule has 0 heterocycles. The molecule has 0 aliphatic heterocycles. The second-order valence-electron chi connectivity index (χ2n) is 5.75. The van der Waals surface area contributed by atoms with Crippen LogP contribution in [0.2, 0.25) is 0 Å².